The first kappa shape index (κ1) is 27.3. The maximum atomic E-state index is 12.5. The van der Waals surface area contributed by atoms with Crippen LogP contribution in [0.25, 0.3) is 0 Å². The van der Waals surface area contributed by atoms with E-state index in [0.717, 1.165) is 50.6 Å². The van der Waals surface area contributed by atoms with Gasteiger partial charge in [-0.2, -0.15) is 10.5 Å². The summed E-state index contributed by atoms with van der Waals surface area (Å²) in [5.74, 6) is 2.14. The van der Waals surface area contributed by atoms with Crippen molar-refractivity contribution in [1.29, 1.82) is 10.5 Å². The molecule has 0 aromatic carbocycles. The second-order valence-corrected chi connectivity index (χ2v) is 14.4. The molecule has 41 heavy (non-hydrogen) atoms. The van der Waals surface area contributed by atoms with Gasteiger partial charge in [0.1, 0.15) is 17.7 Å². The number of nitriles is 2. The lowest BCUT2D eigenvalue weighted by Gasteiger charge is -2.58. The number of aromatic nitrogens is 1. The lowest BCUT2D eigenvalue weighted by atomic mass is 9.47. The minimum Gasteiger partial charge on any atom is -0.393 e. The molecule has 2 N–H and O–H groups in total. The molecule has 0 spiro atoms. The predicted molar refractivity (Wildman–Crippen MR) is 154 cm³/mol. The molecule has 4 bridgehead atoms. The summed E-state index contributed by atoms with van der Waals surface area (Å²) in [6, 6.07) is 5.69. The van der Waals surface area contributed by atoms with E-state index in [1.54, 1.807) is 6.07 Å². The van der Waals surface area contributed by atoms with Crippen molar-refractivity contribution in [1.82, 2.24) is 24.6 Å². The van der Waals surface area contributed by atoms with E-state index in [2.05, 4.69) is 44.5 Å². The fourth-order valence-electron chi connectivity index (χ4n) is 10.4. The predicted octanol–water partition coefficient (Wildman–Crippen LogP) is 3.51. The van der Waals surface area contributed by atoms with E-state index >= 15 is 0 Å². The molecule has 0 radical (unpaired) electrons. The molecule has 4 saturated heterocycles. The van der Waals surface area contributed by atoms with Crippen LogP contribution in [0.15, 0.2) is 22.5 Å². The lowest BCUT2D eigenvalue weighted by Crippen LogP contribution is -2.71. The summed E-state index contributed by atoms with van der Waals surface area (Å²) in [5, 5.41) is 28.9. The quantitative estimate of drug-likeness (QED) is 0.505. The number of hydrogen-bond acceptors (Lipinski definition) is 8. The maximum absolute atomic E-state index is 12.5. The first-order valence-corrected chi connectivity index (χ1v) is 15.6. The Labute approximate surface area is 243 Å². The van der Waals surface area contributed by atoms with Crippen molar-refractivity contribution in [2.45, 2.75) is 77.2 Å². The van der Waals surface area contributed by atoms with Crippen LogP contribution in [-0.2, 0) is 0 Å². The Balaban J connectivity index is 0.000000228. The first-order chi connectivity index (χ1) is 19.7. The SMILES string of the molecule is C1N2CN3CN1CN(C2)C3.CC12CCC(O)CC1=CCC1C2CCC2(C)C(c3cc(C#N)c(C#N)c(=O)[nH]3)CCC12. The molecule has 7 unspecified atom stereocenters. The molecular weight excluding hydrogens is 514 g/mol. The van der Waals surface area contributed by atoms with Gasteiger partial charge < -0.3 is 10.1 Å². The molecule has 0 amide bonds. The zero-order chi connectivity index (χ0) is 28.5. The van der Waals surface area contributed by atoms with E-state index < -0.39 is 5.56 Å². The highest BCUT2D eigenvalue weighted by Gasteiger charge is 2.59. The third-order valence-electron chi connectivity index (χ3n) is 12.1. The summed E-state index contributed by atoms with van der Waals surface area (Å²) in [7, 11) is 0. The average molecular weight is 558 g/mol. The third kappa shape index (κ3) is 4.40. The van der Waals surface area contributed by atoms with Gasteiger partial charge in [-0.25, -0.2) is 0 Å². The summed E-state index contributed by atoms with van der Waals surface area (Å²) in [6.45, 7) is 12.0. The number of fused-ring (bicyclic) bond motifs is 5. The summed E-state index contributed by atoms with van der Waals surface area (Å²) < 4.78 is 0. The van der Waals surface area contributed by atoms with Crippen LogP contribution < -0.4 is 5.56 Å². The van der Waals surface area contributed by atoms with Crippen molar-refractivity contribution in [3.63, 3.8) is 0 Å². The number of pyridine rings is 1. The van der Waals surface area contributed by atoms with Crippen LogP contribution in [0.5, 0.6) is 0 Å². The third-order valence-corrected chi connectivity index (χ3v) is 12.1. The van der Waals surface area contributed by atoms with Gasteiger partial charge in [0.25, 0.3) is 5.56 Å². The van der Waals surface area contributed by atoms with Crippen LogP contribution in [-0.4, -0.2) is 75.8 Å². The standard InChI is InChI=1S/C26H31N3O2.C6H12N4/c1-25-9-7-17(30)12-16(25)3-4-18-20-5-6-22(26(20,2)10-8-21(18)25)23-11-15(13-27)19(14-28)24(31)29-23;1-7-2-9-4-8(1)5-10(3-7)6-9/h3,11,17-18,20-22,30H,4-10,12H2,1-2H3,(H,29,31);1-6H2. The van der Waals surface area contributed by atoms with Crippen LogP contribution in [0.4, 0.5) is 0 Å². The van der Waals surface area contributed by atoms with Crippen molar-refractivity contribution < 1.29 is 5.11 Å². The van der Waals surface area contributed by atoms with Crippen LogP contribution in [0.2, 0.25) is 0 Å². The van der Waals surface area contributed by atoms with Gasteiger partial charge >= 0.3 is 0 Å². The molecule has 8 aliphatic rings. The molecule has 1 aromatic rings. The largest absolute Gasteiger partial charge is 0.393 e. The monoisotopic (exact) mass is 557 g/mol. The Kier molecular flexibility index (Phi) is 6.69. The molecule has 218 valence electrons. The topological polar surface area (TPSA) is 114 Å². The van der Waals surface area contributed by atoms with Crippen LogP contribution >= 0.6 is 0 Å². The Morgan fingerprint density at radius 1 is 0.902 bits per heavy atom. The minimum absolute atomic E-state index is 0.0768. The van der Waals surface area contributed by atoms with E-state index in [1.807, 2.05) is 12.1 Å². The van der Waals surface area contributed by atoms with E-state index in [1.165, 1.54) is 52.0 Å². The normalized spacial score (nSPS) is 45.2. The highest BCUT2D eigenvalue weighted by molar-refractivity contribution is 5.45. The molecule has 9 heteroatoms. The highest BCUT2D eigenvalue weighted by Crippen LogP contribution is 2.67. The molecular formula is C32H43N7O2. The van der Waals surface area contributed by atoms with Crippen molar-refractivity contribution >= 4 is 0 Å². The second kappa shape index (κ2) is 10.0. The molecule has 9 rings (SSSR count). The summed E-state index contributed by atoms with van der Waals surface area (Å²) in [6.07, 6.45) is 10.7. The molecule has 3 saturated carbocycles. The molecule has 4 aliphatic carbocycles. The van der Waals surface area contributed by atoms with Gasteiger partial charge in [0.05, 0.1) is 51.7 Å². The highest BCUT2D eigenvalue weighted by atomic mass is 16.3. The molecule has 1 aromatic heterocycles. The minimum atomic E-state index is -0.434. The van der Waals surface area contributed by atoms with E-state index in [4.69, 9.17) is 0 Å². The molecule has 7 atom stereocenters. The van der Waals surface area contributed by atoms with Gasteiger partial charge in [-0.15, -0.1) is 0 Å². The molecule has 7 fully saturated rings. The van der Waals surface area contributed by atoms with Crippen LogP contribution in [0.3, 0.4) is 0 Å². The van der Waals surface area contributed by atoms with Crippen molar-refractivity contribution in [3.8, 4) is 12.1 Å². The Bertz CT molecular complexity index is 1330. The molecule has 5 heterocycles. The molecule has 4 aliphatic heterocycles. The number of aromatic amines is 1. The molecule has 9 nitrogen and oxygen atoms in total. The number of H-pyrrole nitrogens is 1. The number of aliphatic hydroxyl groups excluding tert-OH is 1. The van der Waals surface area contributed by atoms with Crippen molar-refractivity contribution in [3.05, 3.63) is 44.9 Å². The van der Waals surface area contributed by atoms with Crippen molar-refractivity contribution in [2.24, 2.45) is 28.6 Å². The lowest BCUT2D eigenvalue weighted by molar-refractivity contribution is -0.194. The Morgan fingerprint density at radius 3 is 2.17 bits per heavy atom. The number of nitrogens with one attached hydrogen (secondary N) is 1. The van der Waals surface area contributed by atoms with E-state index in [9.17, 15) is 20.4 Å². The van der Waals surface area contributed by atoms with Gasteiger partial charge in [-0.05, 0) is 86.0 Å². The van der Waals surface area contributed by atoms with Crippen LogP contribution in [0.1, 0.15) is 88.0 Å². The van der Waals surface area contributed by atoms with Gasteiger partial charge in [-0.1, -0.05) is 25.5 Å². The van der Waals surface area contributed by atoms with E-state index in [-0.39, 0.29) is 34.0 Å². The first-order valence-electron chi connectivity index (χ1n) is 15.6. The van der Waals surface area contributed by atoms with Gasteiger partial charge in [0.2, 0.25) is 0 Å². The number of hydrogen-bond donors (Lipinski definition) is 2. The second-order valence-electron chi connectivity index (χ2n) is 14.4. The fourth-order valence-corrected chi connectivity index (χ4v) is 10.4. The Morgan fingerprint density at radius 2 is 1.56 bits per heavy atom. The smallest absolute Gasteiger partial charge is 0.267 e. The number of aliphatic hydroxyl groups is 1. The van der Waals surface area contributed by atoms with E-state index in [0.29, 0.717) is 17.8 Å². The van der Waals surface area contributed by atoms with Crippen molar-refractivity contribution in [2.75, 3.05) is 40.0 Å². The van der Waals surface area contributed by atoms with Crippen LogP contribution in [0, 0.1) is 51.2 Å². The number of rotatable bonds is 1. The van der Waals surface area contributed by atoms with Gasteiger partial charge in [0, 0.05) is 11.6 Å². The van der Waals surface area contributed by atoms with Gasteiger partial charge in [0.15, 0.2) is 0 Å². The summed E-state index contributed by atoms with van der Waals surface area (Å²) >= 11 is 0. The van der Waals surface area contributed by atoms with Gasteiger partial charge in [-0.3, -0.25) is 24.4 Å². The maximum Gasteiger partial charge on any atom is 0.267 e. The number of allylic oxidation sites excluding steroid dienone is 1. The summed E-state index contributed by atoms with van der Waals surface area (Å²) in [5.41, 5.74) is 2.33. The number of nitrogens with zero attached hydrogens (tertiary/aromatic N) is 6. The average Bonchev–Trinajstić information content (AvgIpc) is 3.30. The fraction of sp³-hybridized carbons (Fsp3) is 0.719. The summed E-state index contributed by atoms with van der Waals surface area (Å²) in [4.78, 5) is 25.3. The zero-order valence-electron chi connectivity index (χ0n) is 24.5. The Hall–Kier alpha value is -2.53. The zero-order valence-corrected chi connectivity index (χ0v) is 24.5.